The normalized spacial score (nSPS) is 21.8. The lowest BCUT2D eigenvalue weighted by Crippen LogP contribution is -2.42. The molecule has 1 N–H and O–H groups in total. The summed E-state index contributed by atoms with van der Waals surface area (Å²) >= 11 is 0. The van der Waals surface area contributed by atoms with E-state index in [4.69, 9.17) is 0 Å². The summed E-state index contributed by atoms with van der Waals surface area (Å²) in [5, 5.41) is 13.6. The number of rotatable bonds is 4. The van der Waals surface area contributed by atoms with Gasteiger partial charge < -0.3 is 5.32 Å². The minimum Gasteiger partial charge on any atom is -0.349 e. The summed E-state index contributed by atoms with van der Waals surface area (Å²) in [6.07, 6.45) is 5.08. The molecular formula is C15H19FN2O3. The Labute approximate surface area is 122 Å². The van der Waals surface area contributed by atoms with E-state index in [1.807, 2.05) is 0 Å². The van der Waals surface area contributed by atoms with Crippen LogP contribution >= 0.6 is 0 Å². The lowest BCUT2D eigenvalue weighted by molar-refractivity contribution is -0.384. The highest BCUT2D eigenvalue weighted by molar-refractivity contribution is 5.95. The molecule has 0 aromatic heterocycles. The van der Waals surface area contributed by atoms with Gasteiger partial charge in [0.2, 0.25) is 0 Å². The van der Waals surface area contributed by atoms with E-state index in [2.05, 4.69) is 12.2 Å². The smallest absolute Gasteiger partial charge is 0.270 e. The van der Waals surface area contributed by atoms with E-state index in [0.717, 1.165) is 50.3 Å². The Morgan fingerprint density at radius 1 is 1.43 bits per heavy atom. The van der Waals surface area contributed by atoms with Crippen molar-refractivity contribution in [1.29, 1.82) is 0 Å². The van der Waals surface area contributed by atoms with Gasteiger partial charge in [-0.15, -0.1) is 0 Å². The van der Waals surface area contributed by atoms with Crippen molar-refractivity contribution in [2.24, 2.45) is 5.92 Å². The molecule has 0 aliphatic heterocycles. The molecule has 2 rings (SSSR count). The third-order valence-electron chi connectivity index (χ3n) is 4.16. The first-order valence-corrected chi connectivity index (χ1v) is 7.27. The van der Waals surface area contributed by atoms with Crippen molar-refractivity contribution in [3.8, 4) is 0 Å². The van der Waals surface area contributed by atoms with E-state index >= 15 is 0 Å². The molecule has 21 heavy (non-hydrogen) atoms. The second-order valence-corrected chi connectivity index (χ2v) is 5.45. The van der Waals surface area contributed by atoms with Crippen LogP contribution in [-0.4, -0.2) is 16.9 Å². The molecule has 6 heteroatoms. The maximum atomic E-state index is 13.7. The first-order valence-electron chi connectivity index (χ1n) is 7.27. The Bertz CT molecular complexity index is 548. The zero-order valence-electron chi connectivity index (χ0n) is 12.0. The summed E-state index contributed by atoms with van der Waals surface area (Å²) in [5.74, 6) is -0.909. The van der Waals surface area contributed by atoms with Crippen LogP contribution in [0.1, 0.15) is 49.4 Å². The molecule has 1 aromatic rings. The molecule has 1 saturated carbocycles. The van der Waals surface area contributed by atoms with Gasteiger partial charge in [-0.3, -0.25) is 14.9 Å². The molecule has 1 fully saturated rings. The first-order chi connectivity index (χ1) is 10.0. The Hall–Kier alpha value is -1.98. The number of nitrogens with one attached hydrogen (secondary N) is 1. The van der Waals surface area contributed by atoms with Crippen molar-refractivity contribution in [1.82, 2.24) is 5.32 Å². The fourth-order valence-corrected chi connectivity index (χ4v) is 2.93. The molecule has 0 heterocycles. The average molecular weight is 294 g/mol. The highest BCUT2D eigenvalue weighted by Crippen LogP contribution is 2.27. The van der Waals surface area contributed by atoms with Crippen LogP contribution < -0.4 is 5.32 Å². The summed E-state index contributed by atoms with van der Waals surface area (Å²) in [4.78, 5) is 22.3. The second kappa shape index (κ2) is 6.65. The summed E-state index contributed by atoms with van der Waals surface area (Å²) in [6.45, 7) is 2.07. The molecule has 114 valence electrons. The summed E-state index contributed by atoms with van der Waals surface area (Å²) in [6, 6.07) is 3.04. The third kappa shape index (κ3) is 3.56. The van der Waals surface area contributed by atoms with Crippen molar-refractivity contribution < 1.29 is 14.1 Å². The van der Waals surface area contributed by atoms with Crippen molar-refractivity contribution in [3.05, 3.63) is 39.7 Å². The number of nitro groups is 1. The molecule has 1 aliphatic carbocycles. The molecule has 1 aliphatic rings. The number of carbonyl (C=O) groups is 1. The van der Waals surface area contributed by atoms with E-state index in [1.54, 1.807) is 0 Å². The maximum Gasteiger partial charge on any atom is 0.270 e. The SMILES string of the molecule is CCC1CCCCC1NC(=O)c1cc([N+](=O)[O-])ccc1F. The molecule has 1 aromatic carbocycles. The predicted octanol–water partition coefficient (Wildman–Crippen LogP) is 3.43. The summed E-state index contributed by atoms with van der Waals surface area (Å²) < 4.78 is 13.7. The van der Waals surface area contributed by atoms with Gasteiger partial charge in [0.25, 0.3) is 11.6 Å². The largest absolute Gasteiger partial charge is 0.349 e. The predicted molar refractivity (Wildman–Crippen MR) is 76.6 cm³/mol. The van der Waals surface area contributed by atoms with E-state index < -0.39 is 16.6 Å². The highest BCUT2D eigenvalue weighted by Gasteiger charge is 2.26. The van der Waals surface area contributed by atoms with Crippen LogP contribution in [0, 0.1) is 21.8 Å². The van der Waals surface area contributed by atoms with E-state index in [-0.39, 0.29) is 17.3 Å². The van der Waals surface area contributed by atoms with Gasteiger partial charge in [0.05, 0.1) is 10.5 Å². The monoisotopic (exact) mass is 294 g/mol. The zero-order chi connectivity index (χ0) is 15.4. The Morgan fingerprint density at radius 2 is 2.14 bits per heavy atom. The minimum absolute atomic E-state index is 0.0231. The maximum absolute atomic E-state index is 13.7. The van der Waals surface area contributed by atoms with Gasteiger partial charge >= 0.3 is 0 Å². The van der Waals surface area contributed by atoms with Crippen molar-refractivity contribution in [2.75, 3.05) is 0 Å². The standard InChI is InChI=1S/C15H19FN2O3/c1-2-10-5-3-4-6-14(10)17-15(19)12-9-11(18(20)21)7-8-13(12)16/h7-10,14H,2-6H2,1H3,(H,17,19). The second-order valence-electron chi connectivity index (χ2n) is 5.45. The van der Waals surface area contributed by atoms with Crippen LogP contribution in [0.5, 0.6) is 0 Å². The highest BCUT2D eigenvalue weighted by atomic mass is 19.1. The molecule has 1 amide bonds. The van der Waals surface area contributed by atoms with Gasteiger partial charge in [0.15, 0.2) is 0 Å². The average Bonchev–Trinajstić information content (AvgIpc) is 2.47. The van der Waals surface area contributed by atoms with Gasteiger partial charge in [-0.1, -0.05) is 26.2 Å². The molecule has 2 unspecified atom stereocenters. The number of non-ortho nitro benzene ring substituents is 1. The zero-order valence-corrected chi connectivity index (χ0v) is 12.0. The molecule has 0 bridgehead atoms. The molecule has 0 radical (unpaired) electrons. The van der Waals surface area contributed by atoms with Crippen molar-refractivity contribution in [2.45, 2.75) is 45.1 Å². The van der Waals surface area contributed by atoms with Crippen LogP contribution in [0.3, 0.4) is 0 Å². The Morgan fingerprint density at radius 3 is 2.81 bits per heavy atom. The van der Waals surface area contributed by atoms with E-state index in [1.165, 1.54) is 0 Å². The third-order valence-corrected chi connectivity index (χ3v) is 4.16. The lowest BCUT2D eigenvalue weighted by Gasteiger charge is -2.31. The van der Waals surface area contributed by atoms with Crippen molar-refractivity contribution in [3.63, 3.8) is 0 Å². The molecule has 2 atom stereocenters. The number of halogens is 1. The molecular weight excluding hydrogens is 275 g/mol. The number of benzene rings is 1. The Balaban J connectivity index is 2.16. The van der Waals surface area contributed by atoms with Crippen LogP contribution in [0.15, 0.2) is 18.2 Å². The molecule has 0 spiro atoms. The fraction of sp³-hybridized carbons (Fsp3) is 0.533. The topological polar surface area (TPSA) is 72.2 Å². The number of carbonyl (C=O) groups excluding carboxylic acids is 1. The first kappa shape index (κ1) is 15.4. The lowest BCUT2D eigenvalue weighted by atomic mass is 9.83. The van der Waals surface area contributed by atoms with Crippen LogP contribution in [0.25, 0.3) is 0 Å². The minimum atomic E-state index is -0.734. The summed E-state index contributed by atoms with van der Waals surface area (Å²) in [5.41, 5.74) is -0.540. The fourth-order valence-electron chi connectivity index (χ4n) is 2.93. The van der Waals surface area contributed by atoms with Gasteiger partial charge in [-0.2, -0.15) is 0 Å². The number of nitrogens with zero attached hydrogens (tertiary/aromatic N) is 1. The van der Waals surface area contributed by atoms with Gasteiger partial charge in [0, 0.05) is 18.2 Å². The molecule has 5 nitrogen and oxygen atoms in total. The van der Waals surface area contributed by atoms with E-state index in [9.17, 15) is 19.3 Å². The quantitative estimate of drug-likeness (QED) is 0.683. The van der Waals surface area contributed by atoms with Gasteiger partial charge in [-0.05, 0) is 24.8 Å². The number of nitro benzene ring substituents is 1. The van der Waals surface area contributed by atoms with Crippen LogP contribution in [-0.2, 0) is 0 Å². The Kier molecular flexibility index (Phi) is 4.88. The summed E-state index contributed by atoms with van der Waals surface area (Å²) in [7, 11) is 0. The molecule has 0 saturated heterocycles. The van der Waals surface area contributed by atoms with E-state index in [0.29, 0.717) is 5.92 Å². The van der Waals surface area contributed by atoms with Crippen molar-refractivity contribution >= 4 is 11.6 Å². The number of hydrogen-bond acceptors (Lipinski definition) is 3. The van der Waals surface area contributed by atoms with Crippen LogP contribution in [0.4, 0.5) is 10.1 Å². The van der Waals surface area contributed by atoms with Gasteiger partial charge in [-0.25, -0.2) is 4.39 Å². The number of hydrogen-bond donors (Lipinski definition) is 1. The number of amides is 1. The van der Waals surface area contributed by atoms with Gasteiger partial charge in [0.1, 0.15) is 5.82 Å². The van der Waals surface area contributed by atoms with Crippen LogP contribution in [0.2, 0.25) is 0 Å².